The van der Waals surface area contributed by atoms with E-state index in [1.165, 1.54) is 19.3 Å². The molecular weight excluding hydrogens is 250 g/mol. The van der Waals surface area contributed by atoms with Gasteiger partial charge in [0.15, 0.2) is 0 Å². The Morgan fingerprint density at radius 3 is 3.06 bits per heavy atom. The van der Waals surface area contributed by atoms with Gasteiger partial charge in [-0.2, -0.15) is 11.8 Å². The van der Waals surface area contributed by atoms with Crippen LogP contribution in [-0.4, -0.2) is 27.5 Å². The van der Waals surface area contributed by atoms with Crippen molar-refractivity contribution in [3.05, 3.63) is 23.9 Å². The van der Waals surface area contributed by atoms with E-state index in [9.17, 15) is 0 Å². The molecule has 0 aliphatic heterocycles. The van der Waals surface area contributed by atoms with Crippen LogP contribution in [0.1, 0.15) is 24.8 Å². The first-order chi connectivity index (χ1) is 8.20. The number of rotatable bonds is 4. The molecule has 1 saturated carbocycles. The Morgan fingerprint density at radius 1 is 1.59 bits per heavy atom. The van der Waals surface area contributed by atoms with E-state index in [-0.39, 0.29) is 0 Å². The average Bonchev–Trinajstić information content (AvgIpc) is 2.77. The SMILES string of the molecule is CSC1CCC(Nc2ncccc2C(N)=S)C1. The van der Waals surface area contributed by atoms with Crippen molar-refractivity contribution < 1.29 is 0 Å². The largest absolute Gasteiger partial charge is 0.389 e. The zero-order chi connectivity index (χ0) is 12.3. The zero-order valence-corrected chi connectivity index (χ0v) is 11.5. The lowest BCUT2D eigenvalue weighted by Gasteiger charge is -2.15. The fraction of sp³-hybridized carbons (Fsp3) is 0.500. The third-order valence-corrected chi connectivity index (χ3v) is 4.45. The molecule has 3 nitrogen and oxygen atoms in total. The number of nitrogens with one attached hydrogen (secondary N) is 1. The molecule has 0 aromatic carbocycles. The zero-order valence-electron chi connectivity index (χ0n) is 9.85. The summed E-state index contributed by atoms with van der Waals surface area (Å²) in [4.78, 5) is 4.73. The van der Waals surface area contributed by atoms with Crippen LogP contribution >= 0.6 is 24.0 Å². The first-order valence-corrected chi connectivity index (χ1v) is 7.44. The van der Waals surface area contributed by atoms with Gasteiger partial charge in [-0.05, 0) is 37.7 Å². The summed E-state index contributed by atoms with van der Waals surface area (Å²) in [6, 6.07) is 4.27. The van der Waals surface area contributed by atoms with Gasteiger partial charge in [-0.15, -0.1) is 0 Å². The fourth-order valence-electron chi connectivity index (χ4n) is 2.20. The molecule has 1 aliphatic carbocycles. The molecule has 1 heterocycles. The number of nitrogens with two attached hydrogens (primary N) is 1. The Morgan fingerprint density at radius 2 is 2.41 bits per heavy atom. The van der Waals surface area contributed by atoms with E-state index >= 15 is 0 Å². The van der Waals surface area contributed by atoms with Crippen LogP contribution in [0.5, 0.6) is 0 Å². The van der Waals surface area contributed by atoms with Gasteiger partial charge in [0, 0.05) is 17.5 Å². The Labute approximate surface area is 112 Å². The second-order valence-corrected chi connectivity index (χ2v) is 5.85. The van der Waals surface area contributed by atoms with E-state index in [2.05, 4.69) is 16.6 Å². The van der Waals surface area contributed by atoms with Crippen molar-refractivity contribution in [2.45, 2.75) is 30.6 Å². The van der Waals surface area contributed by atoms with Gasteiger partial charge in [-0.3, -0.25) is 0 Å². The maximum absolute atomic E-state index is 5.69. The highest BCUT2D eigenvalue weighted by Gasteiger charge is 2.24. The summed E-state index contributed by atoms with van der Waals surface area (Å²) >= 11 is 6.98. The lowest BCUT2D eigenvalue weighted by molar-refractivity contribution is 0.752. The Balaban J connectivity index is 2.06. The first kappa shape index (κ1) is 12.6. The standard InChI is InChI=1S/C12H17N3S2/c1-17-9-5-4-8(7-9)15-12-10(11(13)16)3-2-6-14-12/h2-3,6,8-9H,4-5,7H2,1H3,(H2,13,16)(H,14,15). The molecule has 2 rings (SSSR count). The smallest absolute Gasteiger partial charge is 0.136 e. The average molecular weight is 267 g/mol. The van der Waals surface area contributed by atoms with Gasteiger partial charge in [-0.25, -0.2) is 4.98 Å². The minimum absolute atomic E-state index is 0.403. The van der Waals surface area contributed by atoms with E-state index in [1.54, 1.807) is 6.20 Å². The van der Waals surface area contributed by atoms with Gasteiger partial charge in [0.05, 0.1) is 5.56 Å². The predicted molar refractivity (Wildman–Crippen MR) is 78.7 cm³/mol. The number of hydrogen-bond donors (Lipinski definition) is 2. The normalized spacial score (nSPS) is 23.6. The topological polar surface area (TPSA) is 50.9 Å². The second kappa shape index (κ2) is 5.69. The summed E-state index contributed by atoms with van der Waals surface area (Å²) < 4.78 is 0. The van der Waals surface area contributed by atoms with Crippen molar-refractivity contribution in [2.75, 3.05) is 11.6 Å². The number of aromatic nitrogens is 1. The molecule has 1 aliphatic rings. The monoisotopic (exact) mass is 267 g/mol. The number of thioether (sulfide) groups is 1. The molecule has 1 fully saturated rings. The number of hydrogen-bond acceptors (Lipinski definition) is 4. The molecule has 0 amide bonds. The summed E-state index contributed by atoms with van der Waals surface area (Å²) in [5, 5.41) is 4.23. The van der Waals surface area contributed by atoms with Gasteiger partial charge in [0.1, 0.15) is 10.8 Å². The minimum Gasteiger partial charge on any atom is -0.389 e. The summed E-state index contributed by atoms with van der Waals surface area (Å²) in [5.74, 6) is 0.826. The summed E-state index contributed by atoms with van der Waals surface area (Å²) in [7, 11) is 0. The maximum atomic E-state index is 5.69. The number of pyridine rings is 1. The molecule has 2 unspecified atom stereocenters. The van der Waals surface area contributed by atoms with Crippen LogP contribution in [0.4, 0.5) is 5.82 Å². The van der Waals surface area contributed by atoms with Crippen molar-refractivity contribution in [3.8, 4) is 0 Å². The van der Waals surface area contributed by atoms with Gasteiger partial charge in [0.2, 0.25) is 0 Å². The fourth-order valence-corrected chi connectivity index (χ4v) is 3.16. The Hall–Kier alpha value is -0.810. The Kier molecular flexibility index (Phi) is 4.23. The quantitative estimate of drug-likeness (QED) is 0.821. The number of thiocarbonyl (C=S) groups is 1. The van der Waals surface area contributed by atoms with Crippen molar-refractivity contribution >= 4 is 34.8 Å². The lowest BCUT2D eigenvalue weighted by atomic mass is 10.2. The van der Waals surface area contributed by atoms with Crippen LogP contribution in [0.25, 0.3) is 0 Å². The molecule has 3 N–H and O–H groups in total. The van der Waals surface area contributed by atoms with E-state index in [0.29, 0.717) is 11.0 Å². The van der Waals surface area contributed by atoms with Crippen LogP contribution < -0.4 is 11.1 Å². The number of anilines is 1. The highest BCUT2D eigenvalue weighted by molar-refractivity contribution is 7.99. The van der Waals surface area contributed by atoms with Crippen molar-refractivity contribution in [3.63, 3.8) is 0 Å². The summed E-state index contributed by atoms with van der Waals surface area (Å²) in [6.45, 7) is 0. The molecule has 0 spiro atoms. The van der Waals surface area contributed by atoms with E-state index < -0.39 is 0 Å². The molecular formula is C12H17N3S2. The van der Waals surface area contributed by atoms with Gasteiger partial charge < -0.3 is 11.1 Å². The summed E-state index contributed by atoms with van der Waals surface area (Å²) in [5.41, 5.74) is 6.53. The van der Waals surface area contributed by atoms with Gasteiger partial charge >= 0.3 is 0 Å². The van der Waals surface area contributed by atoms with E-state index in [4.69, 9.17) is 18.0 Å². The van der Waals surface area contributed by atoms with Crippen molar-refractivity contribution in [1.29, 1.82) is 0 Å². The number of nitrogens with zero attached hydrogens (tertiary/aromatic N) is 1. The predicted octanol–water partition coefficient (Wildman–Crippen LogP) is 2.41. The molecule has 2 atom stereocenters. The van der Waals surface area contributed by atoms with Crippen LogP contribution in [0.15, 0.2) is 18.3 Å². The molecule has 0 saturated heterocycles. The third kappa shape index (κ3) is 3.10. The van der Waals surface area contributed by atoms with Gasteiger partial charge in [-0.1, -0.05) is 12.2 Å². The van der Waals surface area contributed by atoms with Crippen LogP contribution in [0.2, 0.25) is 0 Å². The van der Waals surface area contributed by atoms with Crippen LogP contribution in [0, 0.1) is 0 Å². The highest BCUT2D eigenvalue weighted by atomic mass is 32.2. The van der Waals surface area contributed by atoms with Crippen LogP contribution in [-0.2, 0) is 0 Å². The van der Waals surface area contributed by atoms with Crippen molar-refractivity contribution in [1.82, 2.24) is 4.98 Å². The second-order valence-electron chi connectivity index (χ2n) is 4.28. The maximum Gasteiger partial charge on any atom is 0.136 e. The minimum atomic E-state index is 0.403. The third-order valence-electron chi connectivity index (χ3n) is 3.13. The molecule has 5 heteroatoms. The van der Waals surface area contributed by atoms with E-state index in [1.807, 2.05) is 23.9 Å². The molecule has 17 heavy (non-hydrogen) atoms. The molecule has 92 valence electrons. The Bertz CT molecular complexity index is 408. The lowest BCUT2D eigenvalue weighted by Crippen LogP contribution is -2.21. The molecule has 0 bridgehead atoms. The van der Waals surface area contributed by atoms with Crippen LogP contribution in [0.3, 0.4) is 0 Å². The summed E-state index contributed by atoms with van der Waals surface area (Å²) in [6.07, 6.45) is 7.60. The van der Waals surface area contributed by atoms with Gasteiger partial charge in [0.25, 0.3) is 0 Å². The molecule has 1 aromatic rings. The molecule has 0 radical (unpaired) electrons. The van der Waals surface area contributed by atoms with Crippen molar-refractivity contribution in [2.24, 2.45) is 5.73 Å². The highest BCUT2D eigenvalue weighted by Crippen LogP contribution is 2.30. The van der Waals surface area contributed by atoms with E-state index in [0.717, 1.165) is 16.6 Å². The first-order valence-electron chi connectivity index (χ1n) is 5.75. The molecule has 1 aromatic heterocycles.